The van der Waals surface area contributed by atoms with Gasteiger partial charge in [0.2, 0.25) is 10.0 Å². The Balaban J connectivity index is 1.93. The van der Waals surface area contributed by atoms with Crippen LogP contribution in [0.25, 0.3) is 0 Å². The van der Waals surface area contributed by atoms with Crippen molar-refractivity contribution in [3.05, 3.63) is 59.4 Å². The van der Waals surface area contributed by atoms with Gasteiger partial charge in [-0.05, 0) is 36.4 Å². The SMILES string of the molecule is N#Cc1cccc(S(=O)(=O)NC2CCOc3ccc(F)cc32)c1. The lowest BCUT2D eigenvalue weighted by molar-refractivity contribution is 0.262. The summed E-state index contributed by atoms with van der Waals surface area (Å²) in [6, 6.07) is 11.1. The van der Waals surface area contributed by atoms with Gasteiger partial charge in [0.1, 0.15) is 11.6 Å². The highest BCUT2D eigenvalue weighted by atomic mass is 32.2. The first-order valence-corrected chi connectivity index (χ1v) is 8.43. The van der Waals surface area contributed by atoms with Crippen LogP contribution in [0.4, 0.5) is 4.39 Å². The zero-order valence-electron chi connectivity index (χ0n) is 12.0. The number of ether oxygens (including phenoxy) is 1. The Kier molecular flexibility index (Phi) is 4.03. The fourth-order valence-corrected chi connectivity index (χ4v) is 3.77. The quantitative estimate of drug-likeness (QED) is 0.936. The largest absolute Gasteiger partial charge is 0.493 e. The predicted octanol–water partition coefficient (Wildman–Crippen LogP) is 2.50. The van der Waals surface area contributed by atoms with Gasteiger partial charge in [0.15, 0.2) is 0 Å². The first-order valence-electron chi connectivity index (χ1n) is 6.94. The molecule has 5 nitrogen and oxygen atoms in total. The molecule has 0 fully saturated rings. The van der Waals surface area contributed by atoms with Gasteiger partial charge in [-0.25, -0.2) is 17.5 Å². The molecule has 2 aromatic carbocycles. The van der Waals surface area contributed by atoms with E-state index in [-0.39, 0.29) is 10.5 Å². The number of fused-ring (bicyclic) bond motifs is 1. The van der Waals surface area contributed by atoms with E-state index in [0.29, 0.717) is 24.3 Å². The summed E-state index contributed by atoms with van der Waals surface area (Å²) in [6.45, 7) is 0.337. The molecular weight excluding hydrogens is 319 g/mol. The molecule has 1 heterocycles. The minimum Gasteiger partial charge on any atom is -0.493 e. The molecule has 1 aliphatic heterocycles. The minimum absolute atomic E-state index is 0.000921. The zero-order valence-corrected chi connectivity index (χ0v) is 12.8. The van der Waals surface area contributed by atoms with E-state index in [0.717, 1.165) is 0 Å². The molecule has 0 aromatic heterocycles. The molecule has 1 aliphatic rings. The molecule has 0 saturated carbocycles. The summed E-state index contributed by atoms with van der Waals surface area (Å²) >= 11 is 0. The van der Waals surface area contributed by atoms with Crippen molar-refractivity contribution in [1.82, 2.24) is 4.72 Å². The van der Waals surface area contributed by atoms with E-state index in [4.69, 9.17) is 10.00 Å². The number of nitrogens with zero attached hydrogens (tertiary/aromatic N) is 1. The van der Waals surface area contributed by atoms with E-state index in [1.807, 2.05) is 6.07 Å². The van der Waals surface area contributed by atoms with Gasteiger partial charge in [0, 0.05) is 12.0 Å². The Labute approximate surface area is 133 Å². The second-order valence-electron chi connectivity index (χ2n) is 5.13. The summed E-state index contributed by atoms with van der Waals surface area (Å²) in [5.41, 5.74) is 0.725. The molecule has 118 valence electrons. The average Bonchev–Trinajstić information content (AvgIpc) is 2.55. The van der Waals surface area contributed by atoms with Gasteiger partial charge < -0.3 is 4.74 Å². The lowest BCUT2D eigenvalue weighted by Crippen LogP contribution is -2.32. The summed E-state index contributed by atoms with van der Waals surface area (Å²) in [5, 5.41) is 8.89. The third-order valence-electron chi connectivity index (χ3n) is 3.58. The summed E-state index contributed by atoms with van der Waals surface area (Å²) in [4.78, 5) is 0.000921. The molecule has 23 heavy (non-hydrogen) atoms. The minimum atomic E-state index is -3.83. The molecule has 7 heteroatoms. The molecule has 1 unspecified atom stereocenters. The second kappa shape index (κ2) is 5.99. The smallest absolute Gasteiger partial charge is 0.241 e. The van der Waals surface area contributed by atoms with Crippen molar-refractivity contribution < 1.29 is 17.5 Å². The van der Waals surface area contributed by atoms with Gasteiger partial charge in [0.25, 0.3) is 0 Å². The molecular formula is C16H13FN2O3S. The van der Waals surface area contributed by atoms with Gasteiger partial charge in [-0.3, -0.25) is 0 Å². The Morgan fingerprint density at radius 2 is 2.09 bits per heavy atom. The van der Waals surface area contributed by atoms with Crippen LogP contribution in [-0.4, -0.2) is 15.0 Å². The number of nitrogens with one attached hydrogen (secondary N) is 1. The normalized spacial score (nSPS) is 17.0. The summed E-state index contributed by atoms with van der Waals surface area (Å²) < 4.78 is 46.5. The number of halogens is 1. The number of nitriles is 1. The molecule has 0 amide bonds. The Hall–Kier alpha value is -2.43. The van der Waals surface area contributed by atoms with Crippen molar-refractivity contribution in [3.8, 4) is 11.8 Å². The van der Waals surface area contributed by atoms with Crippen molar-refractivity contribution in [2.24, 2.45) is 0 Å². The van der Waals surface area contributed by atoms with Gasteiger partial charge in [-0.2, -0.15) is 5.26 Å². The van der Waals surface area contributed by atoms with Crippen LogP contribution in [0.15, 0.2) is 47.4 Å². The molecule has 0 spiro atoms. The van der Waals surface area contributed by atoms with Crippen LogP contribution in [0.1, 0.15) is 23.6 Å². The van der Waals surface area contributed by atoms with Gasteiger partial charge >= 0.3 is 0 Å². The maximum Gasteiger partial charge on any atom is 0.241 e. The molecule has 0 aliphatic carbocycles. The fraction of sp³-hybridized carbons (Fsp3) is 0.188. The standard InChI is InChI=1S/C16H13FN2O3S/c17-12-4-5-16-14(9-12)15(6-7-22-16)19-23(20,21)13-3-1-2-11(8-13)10-18/h1-5,8-9,15,19H,6-7H2. The van der Waals surface area contributed by atoms with Crippen LogP contribution in [0, 0.1) is 17.1 Å². The monoisotopic (exact) mass is 332 g/mol. The molecule has 1 atom stereocenters. The Morgan fingerprint density at radius 3 is 2.87 bits per heavy atom. The molecule has 1 N–H and O–H groups in total. The van der Waals surface area contributed by atoms with E-state index >= 15 is 0 Å². The van der Waals surface area contributed by atoms with Crippen LogP contribution < -0.4 is 9.46 Å². The van der Waals surface area contributed by atoms with Gasteiger partial charge in [-0.1, -0.05) is 6.07 Å². The second-order valence-corrected chi connectivity index (χ2v) is 6.85. The maximum atomic E-state index is 13.5. The Morgan fingerprint density at radius 1 is 1.26 bits per heavy atom. The maximum absolute atomic E-state index is 13.5. The third-order valence-corrected chi connectivity index (χ3v) is 5.05. The topological polar surface area (TPSA) is 79.2 Å². The van der Waals surface area contributed by atoms with Gasteiger partial charge in [0.05, 0.1) is 29.2 Å². The van der Waals surface area contributed by atoms with Crippen molar-refractivity contribution in [2.75, 3.05) is 6.61 Å². The highest BCUT2D eigenvalue weighted by molar-refractivity contribution is 7.89. The third kappa shape index (κ3) is 3.18. The van der Waals surface area contributed by atoms with E-state index in [1.54, 1.807) is 0 Å². The van der Waals surface area contributed by atoms with Crippen molar-refractivity contribution in [1.29, 1.82) is 5.26 Å². The van der Waals surface area contributed by atoms with E-state index in [1.165, 1.54) is 42.5 Å². The molecule has 3 rings (SSSR count). The van der Waals surface area contributed by atoms with Crippen LogP contribution in [0.3, 0.4) is 0 Å². The lowest BCUT2D eigenvalue weighted by Gasteiger charge is -2.26. The van der Waals surface area contributed by atoms with E-state index < -0.39 is 21.9 Å². The average molecular weight is 332 g/mol. The zero-order chi connectivity index (χ0) is 16.4. The lowest BCUT2D eigenvalue weighted by atomic mass is 10.0. The highest BCUT2D eigenvalue weighted by Crippen LogP contribution is 2.33. The van der Waals surface area contributed by atoms with Crippen molar-refractivity contribution >= 4 is 10.0 Å². The number of rotatable bonds is 3. The van der Waals surface area contributed by atoms with Crippen LogP contribution >= 0.6 is 0 Å². The van der Waals surface area contributed by atoms with Crippen LogP contribution in [0.5, 0.6) is 5.75 Å². The first-order chi connectivity index (χ1) is 11.0. The van der Waals surface area contributed by atoms with Crippen molar-refractivity contribution in [3.63, 3.8) is 0 Å². The van der Waals surface area contributed by atoms with Crippen LogP contribution in [-0.2, 0) is 10.0 Å². The summed E-state index contributed by atoms with van der Waals surface area (Å²) in [5.74, 6) is 0.0149. The number of benzene rings is 2. The number of hydrogen-bond acceptors (Lipinski definition) is 4. The summed E-state index contributed by atoms with van der Waals surface area (Å²) in [7, 11) is -3.83. The van der Waals surface area contributed by atoms with E-state index in [9.17, 15) is 12.8 Å². The number of sulfonamides is 1. The van der Waals surface area contributed by atoms with E-state index in [2.05, 4.69) is 4.72 Å². The molecule has 2 aromatic rings. The molecule has 0 saturated heterocycles. The highest BCUT2D eigenvalue weighted by Gasteiger charge is 2.27. The summed E-state index contributed by atoms with van der Waals surface area (Å²) in [6.07, 6.45) is 0.396. The van der Waals surface area contributed by atoms with Crippen LogP contribution in [0.2, 0.25) is 0 Å². The first kappa shape index (κ1) is 15.5. The Bertz CT molecular complexity index is 890. The van der Waals surface area contributed by atoms with Gasteiger partial charge in [-0.15, -0.1) is 0 Å². The fourth-order valence-electron chi connectivity index (χ4n) is 2.48. The number of hydrogen-bond donors (Lipinski definition) is 1. The molecule has 0 radical (unpaired) electrons. The predicted molar refractivity (Wildman–Crippen MR) is 80.7 cm³/mol. The molecule has 0 bridgehead atoms. The van der Waals surface area contributed by atoms with Crippen molar-refractivity contribution in [2.45, 2.75) is 17.4 Å².